The van der Waals surface area contributed by atoms with Crippen molar-refractivity contribution in [1.29, 1.82) is 0 Å². The average Bonchev–Trinajstić information content (AvgIpc) is 2.33. The van der Waals surface area contributed by atoms with Crippen LogP contribution in [0.2, 0.25) is 0 Å². The maximum Gasteiger partial charge on any atom is 0.278 e. The monoisotopic (exact) mass is 268 g/mol. The van der Waals surface area contributed by atoms with Crippen LogP contribution in [-0.4, -0.2) is 34.4 Å². The Morgan fingerprint density at radius 1 is 1.50 bits per heavy atom. The molecule has 0 aliphatic rings. The summed E-state index contributed by atoms with van der Waals surface area (Å²) in [5, 5.41) is 4.41. The van der Waals surface area contributed by atoms with Crippen molar-refractivity contribution < 1.29 is 9.53 Å². The Hall–Kier alpha value is -1.63. The first-order valence-corrected chi connectivity index (χ1v) is 6.56. The van der Waals surface area contributed by atoms with Crippen LogP contribution in [0.3, 0.4) is 0 Å². The number of ether oxygens (including phenoxy) is 1. The van der Waals surface area contributed by atoms with Crippen LogP contribution < -0.4 is 10.2 Å². The molecule has 1 aromatic heterocycles. The zero-order valence-corrected chi connectivity index (χ0v) is 11.7. The first-order valence-electron chi connectivity index (χ1n) is 5.33. The fourth-order valence-electron chi connectivity index (χ4n) is 1.02. The SMILES string of the molecule is CSc1nc(C)cc(OCC(=O)NN=C(C)C)n1. The lowest BCUT2D eigenvalue weighted by Gasteiger charge is -2.06. The summed E-state index contributed by atoms with van der Waals surface area (Å²) in [5.41, 5.74) is 3.94. The normalized spacial score (nSPS) is 9.78. The molecule has 1 heterocycles. The van der Waals surface area contributed by atoms with Crippen molar-refractivity contribution >= 4 is 23.4 Å². The van der Waals surface area contributed by atoms with E-state index < -0.39 is 0 Å². The Morgan fingerprint density at radius 3 is 2.83 bits per heavy atom. The topological polar surface area (TPSA) is 76.5 Å². The Kier molecular flexibility index (Phi) is 5.57. The van der Waals surface area contributed by atoms with E-state index in [1.165, 1.54) is 11.8 Å². The van der Waals surface area contributed by atoms with Crippen molar-refractivity contribution in [2.45, 2.75) is 25.9 Å². The molecule has 7 heteroatoms. The van der Waals surface area contributed by atoms with E-state index >= 15 is 0 Å². The van der Waals surface area contributed by atoms with Crippen molar-refractivity contribution in [1.82, 2.24) is 15.4 Å². The number of aromatic nitrogens is 2. The number of nitrogens with one attached hydrogen (secondary N) is 1. The molecule has 98 valence electrons. The largest absolute Gasteiger partial charge is 0.467 e. The third kappa shape index (κ3) is 5.13. The molecular formula is C11H16N4O2S. The van der Waals surface area contributed by atoms with Gasteiger partial charge in [-0.2, -0.15) is 10.1 Å². The van der Waals surface area contributed by atoms with Crippen LogP contribution in [-0.2, 0) is 4.79 Å². The predicted molar refractivity (Wildman–Crippen MR) is 71.0 cm³/mol. The molecule has 1 rings (SSSR count). The summed E-state index contributed by atoms with van der Waals surface area (Å²) in [6.07, 6.45) is 1.88. The van der Waals surface area contributed by atoms with Crippen LogP contribution in [0.25, 0.3) is 0 Å². The molecule has 0 radical (unpaired) electrons. The van der Waals surface area contributed by atoms with Gasteiger partial charge in [-0.05, 0) is 27.0 Å². The summed E-state index contributed by atoms with van der Waals surface area (Å²) in [7, 11) is 0. The van der Waals surface area contributed by atoms with Crippen molar-refractivity contribution in [2.75, 3.05) is 12.9 Å². The van der Waals surface area contributed by atoms with Crippen LogP contribution in [0.4, 0.5) is 0 Å². The van der Waals surface area contributed by atoms with Gasteiger partial charge in [-0.25, -0.2) is 10.4 Å². The van der Waals surface area contributed by atoms with Gasteiger partial charge < -0.3 is 4.74 Å². The molecule has 0 aliphatic heterocycles. The predicted octanol–water partition coefficient (Wildman–Crippen LogP) is 1.40. The molecule has 1 N–H and O–H groups in total. The van der Waals surface area contributed by atoms with E-state index in [-0.39, 0.29) is 12.5 Å². The van der Waals surface area contributed by atoms with Crippen molar-refractivity contribution in [3.63, 3.8) is 0 Å². The number of hydrazone groups is 1. The van der Waals surface area contributed by atoms with E-state index in [0.717, 1.165) is 11.4 Å². The lowest BCUT2D eigenvalue weighted by Crippen LogP contribution is -2.25. The molecule has 0 fully saturated rings. The van der Waals surface area contributed by atoms with Crippen LogP contribution >= 0.6 is 11.8 Å². The number of rotatable bonds is 5. The van der Waals surface area contributed by atoms with Gasteiger partial charge in [-0.15, -0.1) is 0 Å². The van der Waals surface area contributed by atoms with E-state index in [2.05, 4.69) is 20.5 Å². The number of thioether (sulfide) groups is 1. The summed E-state index contributed by atoms with van der Waals surface area (Å²) in [4.78, 5) is 19.7. The Morgan fingerprint density at radius 2 is 2.22 bits per heavy atom. The maximum atomic E-state index is 11.4. The molecule has 0 aliphatic carbocycles. The highest BCUT2D eigenvalue weighted by atomic mass is 32.2. The van der Waals surface area contributed by atoms with Crippen LogP contribution in [0.5, 0.6) is 5.88 Å². The second kappa shape index (κ2) is 6.95. The summed E-state index contributed by atoms with van der Waals surface area (Å²) < 4.78 is 5.28. The highest BCUT2D eigenvalue weighted by Gasteiger charge is 2.05. The first-order chi connectivity index (χ1) is 8.51. The summed E-state index contributed by atoms with van der Waals surface area (Å²) in [6.45, 7) is 5.31. The van der Waals surface area contributed by atoms with Gasteiger partial charge in [0.25, 0.3) is 5.91 Å². The zero-order chi connectivity index (χ0) is 13.5. The number of carbonyl (C=O) groups excluding carboxylic acids is 1. The summed E-state index contributed by atoms with van der Waals surface area (Å²) in [6, 6.07) is 1.68. The molecule has 0 atom stereocenters. The third-order valence-corrected chi connectivity index (χ3v) is 2.30. The minimum atomic E-state index is -0.321. The molecule has 6 nitrogen and oxygen atoms in total. The van der Waals surface area contributed by atoms with Gasteiger partial charge in [-0.3, -0.25) is 4.79 Å². The Labute approximate surface area is 110 Å². The first kappa shape index (κ1) is 14.4. The summed E-state index contributed by atoms with van der Waals surface area (Å²) in [5.74, 6) is 0.0670. The van der Waals surface area contributed by atoms with Crippen molar-refractivity contribution in [3.8, 4) is 5.88 Å². The fourth-order valence-corrected chi connectivity index (χ4v) is 1.44. The minimum absolute atomic E-state index is 0.124. The second-order valence-electron chi connectivity index (χ2n) is 3.72. The van der Waals surface area contributed by atoms with Crippen LogP contribution in [0, 0.1) is 6.92 Å². The minimum Gasteiger partial charge on any atom is -0.467 e. The average molecular weight is 268 g/mol. The number of amides is 1. The molecule has 0 saturated carbocycles. The van der Waals surface area contributed by atoms with Crippen LogP contribution in [0.1, 0.15) is 19.5 Å². The Bertz CT molecular complexity index is 458. The molecule has 0 bridgehead atoms. The highest BCUT2D eigenvalue weighted by molar-refractivity contribution is 7.98. The maximum absolute atomic E-state index is 11.4. The van der Waals surface area contributed by atoms with Gasteiger partial charge in [-0.1, -0.05) is 11.8 Å². The standard InChI is InChI=1S/C11H16N4O2S/c1-7(2)14-15-9(16)6-17-10-5-8(3)12-11(13-10)18-4/h5H,6H2,1-4H3,(H,15,16). The molecule has 0 saturated heterocycles. The zero-order valence-electron chi connectivity index (χ0n) is 10.9. The highest BCUT2D eigenvalue weighted by Crippen LogP contribution is 2.15. The van der Waals surface area contributed by atoms with E-state index in [1.54, 1.807) is 19.9 Å². The number of hydrogen-bond acceptors (Lipinski definition) is 6. The second-order valence-corrected chi connectivity index (χ2v) is 4.49. The number of nitrogens with zero attached hydrogens (tertiary/aromatic N) is 3. The number of aryl methyl sites for hydroxylation is 1. The van der Waals surface area contributed by atoms with E-state index in [9.17, 15) is 4.79 Å². The number of carbonyl (C=O) groups is 1. The van der Waals surface area contributed by atoms with Gasteiger partial charge in [0.1, 0.15) is 0 Å². The van der Waals surface area contributed by atoms with Gasteiger partial charge in [0.2, 0.25) is 5.88 Å². The van der Waals surface area contributed by atoms with Crippen LogP contribution in [0.15, 0.2) is 16.3 Å². The van der Waals surface area contributed by atoms with Crippen molar-refractivity contribution in [2.24, 2.45) is 5.10 Å². The van der Waals surface area contributed by atoms with Gasteiger partial charge in [0.05, 0.1) is 0 Å². The fraction of sp³-hybridized carbons (Fsp3) is 0.455. The lowest BCUT2D eigenvalue weighted by molar-refractivity contribution is -0.123. The van der Waals surface area contributed by atoms with E-state index in [0.29, 0.717) is 11.0 Å². The lowest BCUT2D eigenvalue weighted by atomic mass is 10.4. The van der Waals surface area contributed by atoms with E-state index in [4.69, 9.17) is 4.74 Å². The van der Waals surface area contributed by atoms with Crippen molar-refractivity contribution in [3.05, 3.63) is 11.8 Å². The molecule has 0 unspecified atom stereocenters. The number of hydrogen-bond donors (Lipinski definition) is 1. The molecule has 1 aromatic rings. The van der Waals surface area contributed by atoms with E-state index in [1.807, 2.05) is 13.2 Å². The third-order valence-electron chi connectivity index (χ3n) is 1.75. The van der Waals surface area contributed by atoms with Gasteiger partial charge >= 0.3 is 0 Å². The molecule has 0 spiro atoms. The molecule has 18 heavy (non-hydrogen) atoms. The Balaban J connectivity index is 2.55. The summed E-state index contributed by atoms with van der Waals surface area (Å²) >= 11 is 1.42. The smallest absolute Gasteiger partial charge is 0.278 e. The molecule has 0 aromatic carbocycles. The van der Waals surface area contributed by atoms with Gasteiger partial charge in [0, 0.05) is 17.5 Å². The molecule has 1 amide bonds. The van der Waals surface area contributed by atoms with Gasteiger partial charge in [0.15, 0.2) is 11.8 Å². The quantitative estimate of drug-likeness (QED) is 0.378. The molecular weight excluding hydrogens is 252 g/mol.